The zero-order valence-corrected chi connectivity index (χ0v) is 16.7. The molecule has 3 saturated heterocycles. The number of piperidine rings is 3. The van der Waals surface area contributed by atoms with Gasteiger partial charge in [0.15, 0.2) is 0 Å². The van der Waals surface area contributed by atoms with Crippen LogP contribution < -0.4 is 5.32 Å². The Morgan fingerprint density at radius 3 is 2.37 bits per heavy atom. The first-order valence-electron chi connectivity index (χ1n) is 10.6. The molecule has 3 aliphatic heterocycles. The van der Waals surface area contributed by atoms with Crippen molar-refractivity contribution in [1.29, 1.82) is 0 Å². The van der Waals surface area contributed by atoms with Crippen molar-refractivity contribution in [3.63, 3.8) is 0 Å². The number of fused-ring (bicyclic) bond motifs is 4. The van der Waals surface area contributed by atoms with Crippen molar-refractivity contribution in [3.05, 3.63) is 83.4 Å². The van der Waals surface area contributed by atoms with Gasteiger partial charge in [-0.25, -0.2) is 0 Å². The first kappa shape index (κ1) is 19.6. The van der Waals surface area contributed by atoms with Crippen LogP contribution >= 0.6 is 0 Å². The van der Waals surface area contributed by atoms with Crippen molar-refractivity contribution < 1.29 is 13.2 Å². The van der Waals surface area contributed by atoms with E-state index in [1.54, 1.807) is 12.1 Å². The van der Waals surface area contributed by atoms with Gasteiger partial charge in [0.1, 0.15) is 0 Å². The monoisotopic (exact) mass is 410 g/mol. The maximum absolute atomic E-state index is 13.4. The Hall–Kier alpha value is -2.37. The molecule has 6 rings (SSSR count). The topological polar surface area (TPSA) is 15.3 Å². The van der Waals surface area contributed by atoms with Gasteiger partial charge < -0.3 is 5.32 Å². The quantitative estimate of drug-likeness (QED) is 0.586. The number of hydrogen-bond donors (Lipinski definition) is 1. The van der Waals surface area contributed by atoms with E-state index in [9.17, 15) is 13.2 Å². The van der Waals surface area contributed by atoms with Crippen LogP contribution in [-0.4, -0.2) is 24.0 Å². The lowest BCUT2D eigenvalue weighted by Gasteiger charge is -2.52. The molecule has 2 nitrogen and oxygen atoms in total. The fourth-order valence-electron chi connectivity index (χ4n) is 5.40. The van der Waals surface area contributed by atoms with Gasteiger partial charge in [-0.15, -0.1) is 0 Å². The van der Waals surface area contributed by atoms with Gasteiger partial charge in [0.2, 0.25) is 0 Å². The van der Waals surface area contributed by atoms with Gasteiger partial charge in [0.05, 0.1) is 11.6 Å². The summed E-state index contributed by atoms with van der Waals surface area (Å²) in [5.41, 5.74) is 1.05. The molecule has 0 aliphatic carbocycles. The maximum atomic E-state index is 13.4. The first-order valence-corrected chi connectivity index (χ1v) is 10.6. The summed E-state index contributed by atoms with van der Waals surface area (Å²) < 4.78 is 40.3. The second kappa shape index (κ2) is 7.71. The zero-order chi connectivity index (χ0) is 20.7. The molecule has 3 fully saturated rings. The van der Waals surface area contributed by atoms with E-state index in [4.69, 9.17) is 0 Å². The van der Waals surface area contributed by atoms with Gasteiger partial charge >= 0.3 is 6.18 Å². The summed E-state index contributed by atoms with van der Waals surface area (Å²) in [6.45, 7) is 2.33. The maximum Gasteiger partial charge on any atom is 0.416 e. The number of nitrogens with one attached hydrogen (secondary N) is 1. The molecule has 0 saturated carbocycles. The summed E-state index contributed by atoms with van der Waals surface area (Å²) in [7, 11) is 0. The van der Waals surface area contributed by atoms with Crippen LogP contribution in [0.4, 0.5) is 13.2 Å². The lowest BCUT2D eigenvalue weighted by atomic mass is 9.75. The number of rotatable bonds is 4. The summed E-state index contributed by atoms with van der Waals surface area (Å²) in [5, 5.41) is 6.00. The number of hydrogen-bond acceptors (Lipinski definition) is 2. The minimum absolute atomic E-state index is 0.139. The van der Waals surface area contributed by atoms with Crippen LogP contribution in [-0.2, 0) is 12.7 Å². The lowest BCUT2D eigenvalue weighted by Crippen LogP contribution is -2.57. The summed E-state index contributed by atoms with van der Waals surface area (Å²) >= 11 is 0. The molecule has 0 radical (unpaired) electrons. The Kier molecular flexibility index (Phi) is 5.03. The van der Waals surface area contributed by atoms with Crippen LogP contribution in [0.2, 0.25) is 0 Å². The molecule has 30 heavy (non-hydrogen) atoms. The summed E-state index contributed by atoms with van der Waals surface area (Å²) in [6, 6.07) is 21.0. The molecular formula is C25H25F3N2. The van der Waals surface area contributed by atoms with E-state index in [1.807, 2.05) is 6.07 Å². The second-order valence-corrected chi connectivity index (χ2v) is 8.45. The Morgan fingerprint density at radius 1 is 0.867 bits per heavy atom. The number of halogens is 3. The highest BCUT2D eigenvalue weighted by Gasteiger charge is 2.43. The molecule has 1 N–H and O–H groups in total. The highest BCUT2D eigenvalue weighted by Crippen LogP contribution is 2.43. The smallest absolute Gasteiger partial charge is 0.308 e. The van der Waals surface area contributed by atoms with Crippen LogP contribution in [0.5, 0.6) is 0 Å². The average molecular weight is 410 g/mol. The molecular weight excluding hydrogens is 385 g/mol. The third kappa shape index (κ3) is 3.50. The number of nitrogens with zero attached hydrogens (tertiary/aromatic N) is 1. The minimum atomic E-state index is -4.33. The molecule has 0 spiro atoms. The van der Waals surface area contributed by atoms with E-state index < -0.39 is 11.7 Å². The lowest BCUT2D eigenvalue weighted by molar-refractivity contribution is -0.138. The molecule has 2 unspecified atom stereocenters. The van der Waals surface area contributed by atoms with Gasteiger partial charge in [-0.05, 0) is 59.8 Å². The van der Waals surface area contributed by atoms with Crippen LogP contribution in [0, 0.1) is 5.92 Å². The van der Waals surface area contributed by atoms with E-state index in [-0.39, 0.29) is 18.6 Å². The van der Waals surface area contributed by atoms with Crippen molar-refractivity contribution in [2.24, 2.45) is 5.92 Å². The Labute approximate surface area is 174 Å². The van der Waals surface area contributed by atoms with E-state index in [2.05, 4.69) is 46.6 Å². The predicted molar refractivity (Wildman–Crippen MR) is 113 cm³/mol. The normalized spacial score (nSPS) is 26.2. The van der Waals surface area contributed by atoms with Crippen LogP contribution in [0.25, 0.3) is 10.8 Å². The summed E-state index contributed by atoms with van der Waals surface area (Å²) in [6.07, 6.45) is -2.14. The zero-order valence-electron chi connectivity index (χ0n) is 16.7. The fraction of sp³-hybridized carbons (Fsp3) is 0.360. The van der Waals surface area contributed by atoms with Crippen molar-refractivity contribution in [2.45, 2.75) is 37.6 Å². The number of benzene rings is 3. The molecule has 3 aromatic carbocycles. The van der Waals surface area contributed by atoms with Gasteiger partial charge in [-0.2, -0.15) is 13.2 Å². The molecule has 2 bridgehead atoms. The van der Waals surface area contributed by atoms with E-state index in [0.717, 1.165) is 25.9 Å². The second-order valence-electron chi connectivity index (χ2n) is 8.45. The highest BCUT2D eigenvalue weighted by atomic mass is 19.4. The molecule has 0 aromatic heterocycles. The van der Waals surface area contributed by atoms with Crippen LogP contribution in [0.15, 0.2) is 66.7 Å². The third-order valence-corrected chi connectivity index (χ3v) is 6.81. The average Bonchev–Trinajstić information content (AvgIpc) is 2.77. The first-order chi connectivity index (χ1) is 14.5. The third-order valence-electron chi connectivity index (χ3n) is 6.81. The van der Waals surface area contributed by atoms with Crippen molar-refractivity contribution in [2.75, 3.05) is 13.1 Å². The van der Waals surface area contributed by atoms with Crippen LogP contribution in [0.3, 0.4) is 0 Å². The summed E-state index contributed by atoms with van der Waals surface area (Å²) in [5.74, 6) is 0.483. The fourth-order valence-corrected chi connectivity index (χ4v) is 5.40. The Morgan fingerprint density at radius 2 is 1.57 bits per heavy atom. The predicted octanol–water partition coefficient (Wildman–Crippen LogP) is 5.78. The van der Waals surface area contributed by atoms with Gasteiger partial charge in [-0.3, -0.25) is 4.90 Å². The summed E-state index contributed by atoms with van der Waals surface area (Å²) in [4.78, 5) is 2.51. The molecule has 3 heterocycles. The molecule has 3 aliphatic rings. The number of alkyl halides is 3. The van der Waals surface area contributed by atoms with E-state index in [1.165, 1.54) is 28.5 Å². The van der Waals surface area contributed by atoms with Crippen molar-refractivity contribution in [1.82, 2.24) is 10.2 Å². The van der Waals surface area contributed by atoms with Crippen LogP contribution in [0.1, 0.15) is 35.6 Å². The molecule has 5 heteroatoms. The Bertz CT molecular complexity index is 1030. The molecule has 156 valence electrons. The Balaban J connectivity index is 1.48. The van der Waals surface area contributed by atoms with E-state index >= 15 is 0 Å². The highest BCUT2D eigenvalue weighted by molar-refractivity contribution is 5.86. The minimum Gasteiger partial charge on any atom is -0.308 e. The SMILES string of the molecule is FC(F)(F)c1ccccc1CNC1C2CCN(CC2)C1c1cccc2ccccc12. The standard InChI is InChI=1S/C25H25F3N2/c26-25(27,28)22-11-4-2-7-19(22)16-29-23-18-12-14-30(15-13-18)24(23)21-10-5-8-17-6-1-3-9-20(17)21/h1-11,18,23-24,29H,12-16H2. The van der Waals surface area contributed by atoms with Crippen molar-refractivity contribution >= 4 is 10.8 Å². The molecule has 0 amide bonds. The van der Waals surface area contributed by atoms with Gasteiger partial charge in [0.25, 0.3) is 0 Å². The van der Waals surface area contributed by atoms with Gasteiger partial charge in [0, 0.05) is 12.6 Å². The molecule has 3 aromatic rings. The van der Waals surface area contributed by atoms with E-state index in [0.29, 0.717) is 11.5 Å². The largest absolute Gasteiger partial charge is 0.416 e. The molecule has 2 atom stereocenters. The van der Waals surface area contributed by atoms with Crippen molar-refractivity contribution in [3.8, 4) is 0 Å². The van der Waals surface area contributed by atoms with Gasteiger partial charge in [-0.1, -0.05) is 60.7 Å².